The van der Waals surface area contributed by atoms with Crippen LogP contribution in [0.1, 0.15) is 76.5 Å². The van der Waals surface area contributed by atoms with Crippen molar-refractivity contribution >= 4 is 5.52 Å². The highest BCUT2D eigenvalue weighted by Crippen LogP contribution is 2.50. The summed E-state index contributed by atoms with van der Waals surface area (Å²) in [6.45, 7) is 9.56. The number of aliphatic hydroxyl groups excluding tert-OH is 1. The zero-order valence-electron chi connectivity index (χ0n) is 15.3. The van der Waals surface area contributed by atoms with Gasteiger partial charge in [0, 0.05) is 18.4 Å². The largest absolute Gasteiger partial charge is 0.393 e. The standard InChI is InChI=1S/C20H30N2O2/c1-5-24-19(20(4)9-6-15(23)7-10-20)18-16(14(2)3)8-11-22-13-21-12-17(18)22/h8,11-15,19,23H,5-7,9-10H2,1-4H3/t15-,19-,20-/m0/s1. The maximum Gasteiger partial charge on any atom is 0.0992 e. The third-order valence-corrected chi connectivity index (χ3v) is 5.62. The summed E-state index contributed by atoms with van der Waals surface area (Å²) in [6.07, 6.45) is 9.49. The minimum absolute atomic E-state index is 0.0350. The molecule has 0 aliphatic heterocycles. The van der Waals surface area contributed by atoms with Crippen LogP contribution in [-0.4, -0.2) is 27.2 Å². The Hall–Kier alpha value is -1.39. The number of aromatic nitrogens is 2. The van der Waals surface area contributed by atoms with Crippen molar-refractivity contribution in [3.05, 3.63) is 35.9 Å². The van der Waals surface area contributed by atoms with Crippen LogP contribution in [0.4, 0.5) is 0 Å². The van der Waals surface area contributed by atoms with Crippen LogP contribution < -0.4 is 0 Å². The topological polar surface area (TPSA) is 46.8 Å². The summed E-state index contributed by atoms with van der Waals surface area (Å²) in [5.41, 5.74) is 3.82. The van der Waals surface area contributed by atoms with Crippen molar-refractivity contribution in [2.45, 2.75) is 71.5 Å². The van der Waals surface area contributed by atoms with Crippen molar-refractivity contribution in [1.29, 1.82) is 0 Å². The third kappa shape index (κ3) is 3.09. The lowest BCUT2D eigenvalue weighted by Gasteiger charge is -2.43. The first-order valence-corrected chi connectivity index (χ1v) is 9.20. The van der Waals surface area contributed by atoms with Gasteiger partial charge >= 0.3 is 0 Å². The highest BCUT2D eigenvalue weighted by molar-refractivity contribution is 5.59. The SMILES string of the molecule is CCO[C@@H](c1c(C(C)C)ccn2cncc12)[C@]1(C)CC[C@@H](O)CC1. The lowest BCUT2D eigenvalue weighted by molar-refractivity contribution is -0.0644. The molecule has 1 N–H and O–H groups in total. The average molecular weight is 330 g/mol. The summed E-state index contributed by atoms with van der Waals surface area (Å²) >= 11 is 0. The van der Waals surface area contributed by atoms with E-state index in [0.29, 0.717) is 12.5 Å². The molecule has 1 atom stereocenters. The fourth-order valence-electron chi connectivity index (χ4n) is 4.14. The summed E-state index contributed by atoms with van der Waals surface area (Å²) < 4.78 is 8.44. The molecule has 0 saturated heterocycles. The molecule has 1 saturated carbocycles. The van der Waals surface area contributed by atoms with Crippen LogP contribution in [0.3, 0.4) is 0 Å². The second-order valence-corrected chi connectivity index (χ2v) is 7.75. The van der Waals surface area contributed by atoms with Crippen molar-refractivity contribution in [1.82, 2.24) is 9.38 Å². The molecule has 0 amide bonds. The Balaban J connectivity index is 2.13. The van der Waals surface area contributed by atoms with E-state index in [-0.39, 0.29) is 17.6 Å². The Morgan fingerprint density at radius 1 is 1.38 bits per heavy atom. The fourth-order valence-corrected chi connectivity index (χ4v) is 4.14. The van der Waals surface area contributed by atoms with Crippen molar-refractivity contribution in [3.8, 4) is 0 Å². The molecule has 4 heteroatoms. The zero-order chi connectivity index (χ0) is 17.3. The van der Waals surface area contributed by atoms with Gasteiger partial charge < -0.3 is 14.2 Å². The molecule has 2 aromatic rings. The lowest BCUT2D eigenvalue weighted by atomic mass is 9.68. The maximum absolute atomic E-state index is 9.95. The molecule has 1 aliphatic carbocycles. The zero-order valence-corrected chi connectivity index (χ0v) is 15.3. The van der Waals surface area contributed by atoms with Gasteiger partial charge in [0.15, 0.2) is 0 Å². The van der Waals surface area contributed by atoms with Gasteiger partial charge in [0.1, 0.15) is 0 Å². The van der Waals surface area contributed by atoms with Crippen molar-refractivity contribution in [2.75, 3.05) is 6.61 Å². The van der Waals surface area contributed by atoms with Crippen molar-refractivity contribution in [2.24, 2.45) is 5.41 Å². The molecular weight excluding hydrogens is 300 g/mol. The van der Waals surface area contributed by atoms with Gasteiger partial charge in [0.05, 0.1) is 30.2 Å². The van der Waals surface area contributed by atoms with Crippen molar-refractivity contribution in [3.63, 3.8) is 0 Å². The molecular formula is C20H30N2O2. The number of hydrogen-bond acceptors (Lipinski definition) is 3. The first-order chi connectivity index (χ1) is 11.5. The molecule has 2 aromatic heterocycles. The third-order valence-electron chi connectivity index (χ3n) is 5.62. The number of hydrogen-bond donors (Lipinski definition) is 1. The predicted molar refractivity (Wildman–Crippen MR) is 96.2 cm³/mol. The molecule has 4 nitrogen and oxygen atoms in total. The molecule has 2 heterocycles. The van der Waals surface area contributed by atoms with E-state index in [0.717, 1.165) is 31.2 Å². The summed E-state index contributed by atoms with van der Waals surface area (Å²) in [7, 11) is 0. The number of imidazole rings is 1. The number of ether oxygens (including phenoxy) is 1. The van der Waals surface area contributed by atoms with E-state index in [9.17, 15) is 5.11 Å². The van der Waals surface area contributed by atoms with Gasteiger partial charge in [-0.1, -0.05) is 20.8 Å². The van der Waals surface area contributed by atoms with Crippen LogP contribution in [0.5, 0.6) is 0 Å². The summed E-state index contributed by atoms with van der Waals surface area (Å²) in [6, 6.07) is 2.21. The smallest absolute Gasteiger partial charge is 0.0992 e. The van der Waals surface area contributed by atoms with Crippen LogP contribution in [0.25, 0.3) is 5.52 Å². The molecule has 0 spiro atoms. The van der Waals surface area contributed by atoms with Crippen LogP contribution in [-0.2, 0) is 4.74 Å². The number of rotatable bonds is 5. The van der Waals surface area contributed by atoms with Gasteiger partial charge in [-0.05, 0) is 55.6 Å². The first-order valence-electron chi connectivity index (χ1n) is 9.20. The first kappa shape index (κ1) is 17.4. The molecule has 0 unspecified atom stereocenters. The number of aliphatic hydroxyl groups is 1. The van der Waals surface area contributed by atoms with E-state index in [2.05, 4.69) is 49.3 Å². The molecule has 1 aliphatic rings. The Labute approximate surface area is 144 Å². The summed E-state index contributed by atoms with van der Waals surface area (Å²) in [4.78, 5) is 4.35. The molecule has 24 heavy (non-hydrogen) atoms. The average Bonchev–Trinajstić information content (AvgIpc) is 3.03. The van der Waals surface area contributed by atoms with E-state index in [1.165, 1.54) is 11.1 Å². The highest BCUT2D eigenvalue weighted by atomic mass is 16.5. The Kier molecular flexibility index (Phi) is 4.97. The monoisotopic (exact) mass is 330 g/mol. The second-order valence-electron chi connectivity index (χ2n) is 7.75. The van der Waals surface area contributed by atoms with Crippen LogP contribution in [0.15, 0.2) is 24.8 Å². The highest BCUT2D eigenvalue weighted by Gasteiger charge is 2.41. The Bertz CT molecular complexity index is 684. The maximum atomic E-state index is 9.95. The number of pyridine rings is 1. The van der Waals surface area contributed by atoms with E-state index in [1.807, 2.05) is 12.5 Å². The fraction of sp³-hybridized carbons (Fsp3) is 0.650. The summed E-state index contributed by atoms with van der Waals surface area (Å²) in [5, 5.41) is 9.95. The molecule has 3 rings (SSSR count). The van der Waals surface area contributed by atoms with Gasteiger partial charge in [0.25, 0.3) is 0 Å². The van der Waals surface area contributed by atoms with E-state index < -0.39 is 0 Å². The van der Waals surface area contributed by atoms with E-state index in [4.69, 9.17) is 4.74 Å². The van der Waals surface area contributed by atoms with Crippen LogP contribution >= 0.6 is 0 Å². The van der Waals surface area contributed by atoms with Crippen molar-refractivity contribution < 1.29 is 9.84 Å². The lowest BCUT2D eigenvalue weighted by Crippen LogP contribution is -2.35. The number of fused-ring (bicyclic) bond motifs is 1. The molecule has 0 aromatic carbocycles. The van der Waals surface area contributed by atoms with Gasteiger partial charge in [-0.3, -0.25) is 0 Å². The molecule has 0 radical (unpaired) electrons. The second kappa shape index (κ2) is 6.85. The van der Waals surface area contributed by atoms with Crippen LogP contribution in [0.2, 0.25) is 0 Å². The van der Waals surface area contributed by atoms with Gasteiger partial charge in [-0.2, -0.15) is 0 Å². The Morgan fingerprint density at radius 2 is 2.08 bits per heavy atom. The Morgan fingerprint density at radius 3 is 2.71 bits per heavy atom. The normalized spacial score (nSPS) is 26.2. The quantitative estimate of drug-likeness (QED) is 0.879. The predicted octanol–water partition coefficient (Wildman–Crippen LogP) is 4.48. The molecule has 1 fully saturated rings. The van der Waals surface area contributed by atoms with Gasteiger partial charge in [0.2, 0.25) is 0 Å². The minimum Gasteiger partial charge on any atom is -0.393 e. The number of nitrogens with zero attached hydrogens (tertiary/aromatic N) is 2. The summed E-state index contributed by atoms with van der Waals surface area (Å²) in [5.74, 6) is 0.431. The van der Waals surface area contributed by atoms with Crippen LogP contribution in [0, 0.1) is 5.41 Å². The van der Waals surface area contributed by atoms with E-state index in [1.54, 1.807) is 0 Å². The van der Waals surface area contributed by atoms with E-state index >= 15 is 0 Å². The minimum atomic E-state index is -0.157. The van der Waals surface area contributed by atoms with Gasteiger partial charge in [-0.15, -0.1) is 0 Å². The molecule has 132 valence electrons. The van der Waals surface area contributed by atoms with Gasteiger partial charge in [-0.25, -0.2) is 4.98 Å². The molecule has 0 bridgehead atoms.